The Labute approximate surface area is 161 Å². The second kappa shape index (κ2) is 6.75. The van der Waals surface area contributed by atoms with Gasteiger partial charge in [-0.3, -0.25) is 0 Å². The van der Waals surface area contributed by atoms with Crippen molar-refractivity contribution in [2.45, 2.75) is 6.10 Å². The zero-order valence-electron chi connectivity index (χ0n) is 14.8. The van der Waals surface area contributed by atoms with Gasteiger partial charge in [0.1, 0.15) is 18.1 Å². The van der Waals surface area contributed by atoms with Gasteiger partial charge in [0.05, 0.1) is 11.8 Å². The fourth-order valence-corrected chi connectivity index (χ4v) is 3.26. The molecule has 136 valence electrons. The van der Waals surface area contributed by atoms with E-state index in [9.17, 15) is 5.11 Å². The molecule has 1 aliphatic rings. The van der Waals surface area contributed by atoms with Gasteiger partial charge in [0, 0.05) is 11.1 Å². The number of furan rings is 1. The number of hydrogen-bond acceptors (Lipinski definition) is 5. The van der Waals surface area contributed by atoms with Crippen molar-refractivity contribution < 1.29 is 9.52 Å². The molecule has 6 heteroatoms. The zero-order chi connectivity index (χ0) is 18.9. The summed E-state index contributed by atoms with van der Waals surface area (Å²) in [4.78, 5) is 0. The Bertz CT molecular complexity index is 1170. The van der Waals surface area contributed by atoms with E-state index in [4.69, 9.17) is 9.52 Å². The lowest BCUT2D eigenvalue weighted by molar-refractivity contribution is 0.289. The normalized spacial score (nSPS) is 17.0. The van der Waals surface area contributed by atoms with Gasteiger partial charge in [-0.15, -0.1) is 10.2 Å². The summed E-state index contributed by atoms with van der Waals surface area (Å²) in [5, 5.41) is 24.1. The highest BCUT2D eigenvalue weighted by Crippen LogP contribution is 2.27. The lowest BCUT2D eigenvalue weighted by Gasteiger charge is -2.18. The van der Waals surface area contributed by atoms with Crippen molar-refractivity contribution in [2.75, 3.05) is 0 Å². The van der Waals surface area contributed by atoms with Crippen molar-refractivity contribution >= 4 is 11.8 Å². The molecule has 0 spiro atoms. The Kier molecular flexibility index (Phi) is 3.96. The molecule has 1 N–H and O–H groups in total. The van der Waals surface area contributed by atoms with Gasteiger partial charge in [-0.05, 0) is 17.7 Å². The number of hydrogen-bond donors (Lipinski definition) is 1. The highest BCUT2D eigenvalue weighted by atomic mass is 16.3. The number of nitrogens with zero attached hydrogens (tertiary/aromatic N) is 4. The van der Waals surface area contributed by atoms with Gasteiger partial charge in [-0.1, -0.05) is 60.7 Å². The summed E-state index contributed by atoms with van der Waals surface area (Å²) in [6.07, 6.45) is 5.99. The Morgan fingerprint density at radius 2 is 1.64 bits per heavy atom. The number of aromatic nitrogens is 3. The number of rotatable bonds is 3. The summed E-state index contributed by atoms with van der Waals surface area (Å²) in [6, 6.07) is 19.4. The number of aliphatic hydroxyl groups is 1. The monoisotopic (exact) mass is 368 g/mol. The van der Waals surface area contributed by atoms with Gasteiger partial charge in [-0.25, -0.2) is 0 Å². The summed E-state index contributed by atoms with van der Waals surface area (Å²) >= 11 is 0. The van der Waals surface area contributed by atoms with Crippen LogP contribution in [0.5, 0.6) is 0 Å². The third kappa shape index (κ3) is 2.76. The minimum atomic E-state index is -0.821. The second-order valence-electron chi connectivity index (χ2n) is 6.41. The Morgan fingerprint density at radius 1 is 0.893 bits per heavy atom. The van der Waals surface area contributed by atoms with Crippen molar-refractivity contribution in [2.24, 2.45) is 5.10 Å². The first-order valence-corrected chi connectivity index (χ1v) is 8.89. The lowest BCUT2D eigenvalue weighted by Crippen LogP contribution is -2.24. The van der Waals surface area contributed by atoms with Crippen molar-refractivity contribution in [1.29, 1.82) is 0 Å². The largest absolute Gasteiger partial charge is 0.472 e. The summed E-state index contributed by atoms with van der Waals surface area (Å²) in [5.41, 5.74) is 4.06. The zero-order valence-corrected chi connectivity index (χ0v) is 14.8. The van der Waals surface area contributed by atoms with E-state index in [1.54, 1.807) is 29.3 Å². The van der Waals surface area contributed by atoms with Crippen LogP contribution in [0, 0.1) is 0 Å². The van der Waals surface area contributed by atoms with Gasteiger partial charge in [0.25, 0.3) is 0 Å². The molecule has 0 saturated heterocycles. The van der Waals surface area contributed by atoms with Crippen LogP contribution in [0.2, 0.25) is 0 Å². The standard InChI is InChI=1S/C22H16N4O2/c27-19-11-10-15-6-4-5-9-18(15)20(19)25-26-21(16-7-2-1-3-8-16)23-24-22(26)17-12-13-28-14-17/h1-14,19,27H. The Balaban J connectivity index is 1.74. The fourth-order valence-electron chi connectivity index (χ4n) is 3.26. The van der Waals surface area contributed by atoms with Crippen LogP contribution >= 0.6 is 0 Å². The molecule has 1 aliphatic carbocycles. The minimum absolute atomic E-state index is 0.541. The van der Waals surface area contributed by atoms with Crippen LogP contribution < -0.4 is 0 Å². The predicted octanol–water partition coefficient (Wildman–Crippen LogP) is 3.85. The molecule has 0 aliphatic heterocycles. The molecule has 0 amide bonds. The van der Waals surface area contributed by atoms with E-state index in [1.165, 1.54) is 0 Å². The maximum absolute atomic E-state index is 10.6. The Hall–Kier alpha value is -3.77. The SMILES string of the molecule is OC1C=Cc2ccccc2C1=Nn1c(-c2ccccc2)nnc1-c1ccoc1. The van der Waals surface area contributed by atoms with E-state index >= 15 is 0 Å². The van der Waals surface area contributed by atoms with Crippen molar-refractivity contribution in [3.8, 4) is 22.8 Å². The molecule has 5 rings (SSSR count). The second-order valence-corrected chi connectivity index (χ2v) is 6.41. The van der Waals surface area contributed by atoms with E-state index in [1.807, 2.05) is 60.7 Å². The summed E-state index contributed by atoms with van der Waals surface area (Å²) in [6.45, 7) is 0. The van der Waals surface area contributed by atoms with Crippen LogP contribution in [-0.4, -0.2) is 31.8 Å². The molecule has 1 atom stereocenters. The molecule has 0 fully saturated rings. The highest BCUT2D eigenvalue weighted by molar-refractivity contribution is 6.09. The molecule has 2 aromatic heterocycles. The lowest BCUT2D eigenvalue weighted by atomic mass is 9.94. The maximum atomic E-state index is 10.6. The molecule has 0 saturated carbocycles. The first-order chi connectivity index (χ1) is 13.8. The van der Waals surface area contributed by atoms with Gasteiger partial charge >= 0.3 is 0 Å². The first-order valence-electron chi connectivity index (χ1n) is 8.89. The quantitative estimate of drug-likeness (QED) is 0.596. The smallest absolute Gasteiger partial charge is 0.188 e. The number of aliphatic hydroxyl groups excluding tert-OH is 1. The van der Waals surface area contributed by atoms with Crippen LogP contribution in [-0.2, 0) is 0 Å². The summed E-state index contributed by atoms with van der Waals surface area (Å²) < 4.78 is 6.88. The molecule has 0 radical (unpaired) electrons. The Morgan fingerprint density at radius 3 is 2.43 bits per heavy atom. The molecule has 0 bridgehead atoms. The van der Waals surface area contributed by atoms with E-state index in [0.29, 0.717) is 17.4 Å². The van der Waals surface area contributed by atoms with E-state index < -0.39 is 6.10 Å². The molecule has 6 nitrogen and oxygen atoms in total. The van der Waals surface area contributed by atoms with E-state index in [2.05, 4.69) is 10.2 Å². The predicted molar refractivity (Wildman–Crippen MR) is 107 cm³/mol. The molecule has 2 aromatic carbocycles. The van der Waals surface area contributed by atoms with Crippen molar-refractivity contribution in [3.05, 3.63) is 90.4 Å². The van der Waals surface area contributed by atoms with Crippen LogP contribution in [0.1, 0.15) is 11.1 Å². The van der Waals surface area contributed by atoms with Gasteiger partial charge in [0.2, 0.25) is 0 Å². The van der Waals surface area contributed by atoms with Crippen LogP contribution in [0.3, 0.4) is 0 Å². The summed E-state index contributed by atoms with van der Waals surface area (Å²) in [5.74, 6) is 1.13. The number of benzene rings is 2. The third-order valence-corrected chi connectivity index (χ3v) is 4.63. The molecule has 2 heterocycles. The first kappa shape index (κ1) is 16.4. The van der Waals surface area contributed by atoms with Gasteiger partial charge < -0.3 is 9.52 Å². The molecule has 1 unspecified atom stereocenters. The third-order valence-electron chi connectivity index (χ3n) is 4.63. The average Bonchev–Trinajstić information content (AvgIpc) is 3.40. The minimum Gasteiger partial charge on any atom is -0.472 e. The molecular weight excluding hydrogens is 352 g/mol. The van der Waals surface area contributed by atoms with E-state index in [-0.39, 0.29) is 0 Å². The van der Waals surface area contributed by atoms with Gasteiger partial charge in [0.15, 0.2) is 11.6 Å². The highest BCUT2D eigenvalue weighted by Gasteiger charge is 2.22. The fraction of sp³-hybridized carbons (Fsp3) is 0.0455. The maximum Gasteiger partial charge on any atom is 0.188 e. The molecule has 4 aromatic rings. The van der Waals surface area contributed by atoms with Crippen molar-refractivity contribution in [1.82, 2.24) is 14.9 Å². The summed E-state index contributed by atoms with van der Waals surface area (Å²) in [7, 11) is 0. The van der Waals surface area contributed by atoms with Crippen LogP contribution in [0.15, 0.2) is 88.8 Å². The molecular formula is C22H16N4O2. The van der Waals surface area contributed by atoms with Gasteiger partial charge in [-0.2, -0.15) is 9.78 Å². The molecule has 28 heavy (non-hydrogen) atoms. The van der Waals surface area contributed by atoms with E-state index in [0.717, 1.165) is 22.3 Å². The topological polar surface area (TPSA) is 76.4 Å². The van der Waals surface area contributed by atoms with Crippen molar-refractivity contribution in [3.63, 3.8) is 0 Å². The van der Waals surface area contributed by atoms with Crippen LogP contribution in [0.4, 0.5) is 0 Å². The average molecular weight is 368 g/mol. The number of fused-ring (bicyclic) bond motifs is 1. The van der Waals surface area contributed by atoms with Crippen LogP contribution in [0.25, 0.3) is 28.9 Å².